The molecule has 3 unspecified atom stereocenters. The summed E-state index contributed by atoms with van der Waals surface area (Å²) in [6, 6.07) is -0.755. The van der Waals surface area contributed by atoms with Crippen molar-refractivity contribution in [1.29, 1.82) is 0 Å². The van der Waals surface area contributed by atoms with Crippen molar-refractivity contribution in [3.05, 3.63) is 24.3 Å². The summed E-state index contributed by atoms with van der Waals surface area (Å²) in [5, 5.41) is 13.9. The van der Waals surface area contributed by atoms with Crippen LogP contribution < -0.4 is 5.32 Å². The summed E-state index contributed by atoms with van der Waals surface area (Å²) in [5.41, 5.74) is 0. The van der Waals surface area contributed by atoms with Gasteiger partial charge in [-0.15, -0.1) is 0 Å². The molecule has 0 aliphatic carbocycles. The van der Waals surface area contributed by atoms with Crippen LogP contribution in [-0.2, 0) is 18.4 Å². The first-order valence-corrected chi connectivity index (χ1v) is 28.2. The highest BCUT2D eigenvalue weighted by atomic mass is 31.2. The summed E-state index contributed by atoms with van der Waals surface area (Å²) in [4.78, 5) is 23.2. The highest BCUT2D eigenvalue weighted by molar-refractivity contribution is 7.47. The van der Waals surface area contributed by atoms with Crippen molar-refractivity contribution in [1.82, 2.24) is 5.32 Å². The van der Waals surface area contributed by atoms with Crippen molar-refractivity contribution >= 4 is 13.7 Å². The maximum Gasteiger partial charge on any atom is 0.472 e. The van der Waals surface area contributed by atoms with Gasteiger partial charge in [0, 0.05) is 6.42 Å². The second-order valence-corrected chi connectivity index (χ2v) is 21.1. The zero-order valence-electron chi connectivity index (χ0n) is 41.9. The van der Waals surface area contributed by atoms with E-state index < -0.39 is 20.0 Å². The van der Waals surface area contributed by atoms with E-state index in [4.69, 9.17) is 9.05 Å². The van der Waals surface area contributed by atoms with Crippen molar-refractivity contribution < 1.29 is 32.9 Å². The molecule has 3 atom stereocenters. The minimum atomic E-state index is -4.31. The predicted octanol–water partition coefficient (Wildman–Crippen LogP) is 15.6. The lowest BCUT2D eigenvalue weighted by molar-refractivity contribution is -0.870. The molecule has 0 saturated heterocycles. The van der Waals surface area contributed by atoms with Crippen LogP contribution >= 0.6 is 7.82 Å². The molecular formula is C53H106N2O6P+. The standard InChI is InChI=1S/C53H105N2O6P/c1-6-8-10-12-14-16-17-18-19-20-21-22-23-24-25-26-27-28-29-30-31-32-33-34-35-36-37-39-41-43-45-47-53(57)54-51(50-61-62(58,59)60-49-48-55(3,4)5)52(56)46-44-42-40-38-15-13-11-9-7-2/h17-18,20-21,51-52,56H,6-16,19,22-50H2,1-5H3,(H-,54,57,58,59)/p+1/b18-17-,21-20-. The molecule has 0 heterocycles. The molecule has 0 fully saturated rings. The Morgan fingerprint density at radius 2 is 0.919 bits per heavy atom. The van der Waals surface area contributed by atoms with Crippen LogP contribution in [0.2, 0.25) is 0 Å². The Hall–Kier alpha value is -1.02. The van der Waals surface area contributed by atoms with Crippen LogP contribution in [0.15, 0.2) is 24.3 Å². The largest absolute Gasteiger partial charge is 0.472 e. The number of unbranched alkanes of at least 4 members (excludes halogenated alkanes) is 32. The quantitative estimate of drug-likeness (QED) is 0.0243. The molecule has 0 rings (SSSR count). The number of nitrogens with zero attached hydrogens (tertiary/aromatic N) is 1. The van der Waals surface area contributed by atoms with Crippen molar-refractivity contribution in [2.24, 2.45) is 0 Å². The number of allylic oxidation sites excluding steroid dienone is 4. The number of carbonyl (C=O) groups excluding carboxylic acids is 1. The third kappa shape index (κ3) is 47.0. The van der Waals surface area contributed by atoms with Crippen LogP contribution in [0.25, 0.3) is 0 Å². The van der Waals surface area contributed by atoms with E-state index in [1.807, 2.05) is 21.1 Å². The fourth-order valence-electron chi connectivity index (χ4n) is 7.96. The lowest BCUT2D eigenvalue weighted by Crippen LogP contribution is -2.46. The highest BCUT2D eigenvalue weighted by Crippen LogP contribution is 2.43. The van der Waals surface area contributed by atoms with Gasteiger partial charge in [0.2, 0.25) is 5.91 Å². The lowest BCUT2D eigenvalue weighted by atomic mass is 10.0. The fraction of sp³-hybridized carbons (Fsp3) is 0.906. The minimum absolute atomic E-state index is 0.0764. The number of likely N-dealkylation sites (N-methyl/N-ethyl adjacent to an activating group) is 1. The van der Waals surface area contributed by atoms with E-state index >= 15 is 0 Å². The molecule has 0 aromatic carbocycles. The zero-order chi connectivity index (χ0) is 45.7. The van der Waals surface area contributed by atoms with E-state index in [0.717, 1.165) is 44.9 Å². The Kier molecular flexibility index (Phi) is 44.4. The van der Waals surface area contributed by atoms with E-state index in [-0.39, 0.29) is 19.1 Å². The first kappa shape index (κ1) is 61.0. The van der Waals surface area contributed by atoms with Gasteiger partial charge < -0.3 is 19.8 Å². The van der Waals surface area contributed by atoms with E-state index in [1.54, 1.807) is 0 Å². The summed E-state index contributed by atoms with van der Waals surface area (Å²) in [7, 11) is 1.62. The first-order chi connectivity index (χ1) is 30.0. The third-order valence-corrected chi connectivity index (χ3v) is 13.2. The Morgan fingerprint density at radius 3 is 1.32 bits per heavy atom. The van der Waals surface area contributed by atoms with E-state index in [0.29, 0.717) is 23.9 Å². The molecule has 3 N–H and O–H groups in total. The summed E-state index contributed by atoms with van der Waals surface area (Å²) in [6.07, 6.45) is 55.3. The molecule has 8 nitrogen and oxygen atoms in total. The van der Waals surface area contributed by atoms with Crippen LogP contribution in [0, 0.1) is 0 Å². The zero-order valence-corrected chi connectivity index (χ0v) is 42.8. The van der Waals surface area contributed by atoms with E-state index in [1.165, 1.54) is 186 Å². The number of amides is 1. The Balaban J connectivity index is 3.93. The van der Waals surface area contributed by atoms with Gasteiger partial charge in [0.25, 0.3) is 0 Å². The number of aliphatic hydroxyl groups is 1. The predicted molar refractivity (Wildman–Crippen MR) is 268 cm³/mol. The summed E-state index contributed by atoms with van der Waals surface area (Å²) >= 11 is 0. The molecule has 0 bridgehead atoms. The topological polar surface area (TPSA) is 105 Å². The number of carbonyl (C=O) groups is 1. The van der Waals surface area contributed by atoms with Gasteiger partial charge in [-0.1, -0.05) is 231 Å². The molecule has 0 spiro atoms. The maximum absolute atomic E-state index is 12.9. The van der Waals surface area contributed by atoms with Crippen LogP contribution in [0.5, 0.6) is 0 Å². The number of phosphoric ester groups is 1. The van der Waals surface area contributed by atoms with Crippen LogP contribution in [-0.4, -0.2) is 73.4 Å². The molecule has 1 amide bonds. The average molecular weight is 898 g/mol. The number of hydrogen-bond donors (Lipinski definition) is 3. The Morgan fingerprint density at radius 1 is 0.548 bits per heavy atom. The average Bonchev–Trinajstić information content (AvgIpc) is 3.23. The van der Waals surface area contributed by atoms with Crippen molar-refractivity contribution in [3.63, 3.8) is 0 Å². The summed E-state index contributed by atoms with van der Waals surface area (Å²) in [6.45, 7) is 4.87. The molecular weight excluding hydrogens is 792 g/mol. The molecule has 0 saturated carbocycles. The van der Waals surface area contributed by atoms with Crippen LogP contribution in [0.1, 0.15) is 258 Å². The molecule has 0 radical (unpaired) electrons. The van der Waals surface area contributed by atoms with Gasteiger partial charge in [0.1, 0.15) is 13.2 Å². The Bertz CT molecular complexity index is 1060. The van der Waals surface area contributed by atoms with Gasteiger partial charge in [-0.2, -0.15) is 0 Å². The number of quaternary nitrogens is 1. The molecule has 0 aliphatic heterocycles. The van der Waals surface area contributed by atoms with Gasteiger partial charge in [-0.05, 0) is 44.9 Å². The monoisotopic (exact) mass is 898 g/mol. The molecule has 0 aromatic rings. The molecule has 62 heavy (non-hydrogen) atoms. The normalized spacial score (nSPS) is 14.2. The Labute approximate surface area is 385 Å². The smallest absolute Gasteiger partial charge is 0.391 e. The summed E-state index contributed by atoms with van der Waals surface area (Å²) in [5.74, 6) is -0.143. The SMILES string of the molecule is CCCCCCC/C=C\C/C=C\CCCCCCCCCCCCCCCCCCCCCC(=O)NC(COP(=O)(O)OCC[N+](C)(C)C)C(O)CCCCCCCCCCC. The second kappa shape index (κ2) is 45.1. The number of hydrogen-bond acceptors (Lipinski definition) is 5. The number of phosphoric acid groups is 1. The minimum Gasteiger partial charge on any atom is -0.391 e. The van der Waals surface area contributed by atoms with Gasteiger partial charge >= 0.3 is 7.82 Å². The first-order valence-electron chi connectivity index (χ1n) is 26.7. The second-order valence-electron chi connectivity index (χ2n) is 19.6. The number of aliphatic hydroxyl groups excluding tert-OH is 1. The van der Waals surface area contributed by atoms with Crippen molar-refractivity contribution in [3.8, 4) is 0 Å². The lowest BCUT2D eigenvalue weighted by Gasteiger charge is -2.26. The van der Waals surface area contributed by atoms with Gasteiger partial charge in [-0.3, -0.25) is 13.8 Å². The number of nitrogens with one attached hydrogen (secondary N) is 1. The molecule has 0 aliphatic rings. The number of rotatable bonds is 49. The molecule has 0 aromatic heterocycles. The van der Waals surface area contributed by atoms with Gasteiger partial charge in [0.15, 0.2) is 0 Å². The van der Waals surface area contributed by atoms with Crippen molar-refractivity contribution in [2.75, 3.05) is 40.9 Å². The van der Waals surface area contributed by atoms with E-state index in [9.17, 15) is 19.4 Å². The molecule has 9 heteroatoms. The van der Waals surface area contributed by atoms with E-state index in [2.05, 4.69) is 43.5 Å². The fourth-order valence-corrected chi connectivity index (χ4v) is 8.70. The summed E-state index contributed by atoms with van der Waals surface area (Å²) < 4.78 is 23.6. The molecule has 368 valence electrons. The van der Waals surface area contributed by atoms with Crippen molar-refractivity contribution in [2.45, 2.75) is 270 Å². The highest BCUT2D eigenvalue weighted by Gasteiger charge is 2.28. The van der Waals surface area contributed by atoms with Crippen LogP contribution in [0.4, 0.5) is 0 Å². The van der Waals surface area contributed by atoms with Crippen LogP contribution in [0.3, 0.4) is 0 Å². The third-order valence-electron chi connectivity index (χ3n) is 12.2. The maximum atomic E-state index is 12.9. The van der Waals surface area contributed by atoms with Gasteiger partial charge in [-0.25, -0.2) is 4.57 Å². The van der Waals surface area contributed by atoms with Gasteiger partial charge in [0.05, 0.1) is 39.9 Å².